The maximum absolute atomic E-state index is 11.6. The fourth-order valence-electron chi connectivity index (χ4n) is 1.72. The molecule has 0 aliphatic carbocycles. The third-order valence-electron chi connectivity index (χ3n) is 2.84. The Balaban J connectivity index is 1.73. The van der Waals surface area contributed by atoms with E-state index in [1.54, 1.807) is 24.5 Å². The molecule has 0 spiro atoms. The first-order chi connectivity index (χ1) is 9.78. The molecule has 0 aliphatic rings. The first kappa shape index (κ1) is 14.3. The Morgan fingerprint density at radius 2 is 2.10 bits per heavy atom. The fourth-order valence-corrected chi connectivity index (χ4v) is 2.35. The quantitative estimate of drug-likeness (QED) is 0.829. The van der Waals surface area contributed by atoms with Crippen LogP contribution in [0.2, 0.25) is 0 Å². The Morgan fingerprint density at radius 1 is 1.30 bits per heavy atom. The number of amides is 1. The van der Waals surface area contributed by atoms with E-state index >= 15 is 0 Å². The van der Waals surface area contributed by atoms with E-state index in [9.17, 15) is 4.79 Å². The zero-order valence-electron chi connectivity index (χ0n) is 11.3. The van der Waals surface area contributed by atoms with Crippen LogP contribution in [0.5, 0.6) is 5.75 Å². The van der Waals surface area contributed by atoms with Crippen LogP contribution in [0.3, 0.4) is 0 Å². The minimum absolute atomic E-state index is 0.0651. The lowest BCUT2D eigenvalue weighted by atomic mass is 10.1. The number of nitrogens with one attached hydrogen (secondary N) is 1. The van der Waals surface area contributed by atoms with E-state index < -0.39 is 0 Å². The van der Waals surface area contributed by atoms with Gasteiger partial charge in [-0.05, 0) is 52.6 Å². The predicted molar refractivity (Wildman–Crippen MR) is 83.1 cm³/mol. The highest BCUT2D eigenvalue weighted by Gasteiger charge is 1.97. The van der Waals surface area contributed by atoms with Gasteiger partial charge in [-0.2, -0.15) is 11.3 Å². The molecular formula is C16H17NO2S. The van der Waals surface area contributed by atoms with Crippen molar-refractivity contribution >= 4 is 23.3 Å². The summed E-state index contributed by atoms with van der Waals surface area (Å²) in [4.78, 5) is 11.6. The van der Waals surface area contributed by atoms with Crippen LogP contribution < -0.4 is 10.1 Å². The SMILES string of the molecule is COc1ccc(CCNC(=O)/C=C/c2ccsc2)cc1. The number of thiophene rings is 1. The Kier molecular flexibility index (Phi) is 5.38. The van der Waals surface area contributed by atoms with Crippen molar-refractivity contribution in [2.24, 2.45) is 0 Å². The van der Waals surface area contributed by atoms with E-state index in [0.29, 0.717) is 6.54 Å². The Labute approximate surface area is 122 Å². The third-order valence-corrected chi connectivity index (χ3v) is 3.54. The summed E-state index contributed by atoms with van der Waals surface area (Å²) in [5.41, 5.74) is 2.23. The van der Waals surface area contributed by atoms with E-state index in [-0.39, 0.29) is 5.91 Å². The van der Waals surface area contributed by atoms with Crippen LogP contribution in [-0.4, -0.2) is 19.6 Å². The molecule has 0 saturated heterocycles. The summed E-state index contributed by atoms with van der Waals surface area (Å²) in [6.07, 6.45) is 4.19. The first-order valence-corrected chi connectivity index (χ1v) is 7.33. The maximum atomic E-state index is 11.6. The molecule has 0 fully saturated rings. The average Bonchev–Trinajstić information content (AvgIpc) is 2.99. The van der Waals surface area contributed by atoms with Crippen molar-refractivity contribution in [3.63, 3.8) is 0 Å². The molecule has 0 atom stereocenters. The molecule has 20 heavy (non-hydrogen) atoms. The van der Waals surface area contributed by atoms with Crippen LogP contribution in [0.1, 0.15) is 11.1 Å². The number of benzene rings is 1. The molecule has 0 saturated carbocycles. The zero-order chi connectivity index (χ0) is 14.2. The van der Waals surface area contributed by atoms with Gasteiger partial charge in [0.25, 0.3) is 0 Å². The van der Waals surface area contributed by atoms with Gasteiger partial charge in [-0.15, -0.1) is 0 Å². The molecule has 0 bridgehead atoms. The molecule has 1 aromatic carbocycles. The Hall–Kier alpha value is -2.07. The summed E-state index contributed by atoms with van der Waals surface area (Å²) in [5, 5.41) is 6.86. The molecule has 1 N–H and O–H groups in total. The molecule has 1 heterocycles. The van der Waals surface area contributed by atoms with Crippen molar-refractivity contribution in [3.8, 4) is 5.75 Å². The van der Waals surface area contributed by atoms with E-state index in [4.69, 9.17) is 4.74 Å². The molecule has 2 aromatic rings. The second kappa shape index (κ2) is 7.50. The fraction of sp³-hybridized carbons (Fsp3) is 0.188. The topological polar surface area (TPSA) is 38.3 Å². The Morgan fingerprint density at radius 3 is 2.75 bits per heavy atom. The minimum Gasteiger partial charge on any atom is -0.497 e. The molecule has 0 unspecified atom stereocenters. The van der Waals surface area contributed by atoms with Crippen molar-refractivity contribution < 1.29 is 9.53 Å². The molecule has 3 nitrogen and oxygen atoms in total. The molecule has 104 valence electrons. The lowest BCUT2D eigenvalue weighted by Crippen LogP contribution is -2.23. The number of hydrogen-bond donors (Lipinski definition) is 1. The van der Waals surface area contributed by atoms with Crippen molar-refractivity contribution in [1.29, 1.82) is 0 Å². The molecule has 0 radical (unpaired) electrons. The number of hydrogen-bond acceptors (Lipinski definition) is 3. The third kappa shape index (κ3) is 4.55. The normalized spacial score (nSPS) is 10.7. The van der Waals surface area contributed by atoms with Crippen molar-refractivity contribution in [2.45, 2.75) is 6.42 Å². The first-order valence-electron chi connectivity index (χ1n) is 6.39. The van der Waals surface area contributed by atoms with Gasteiger partial charge in [0.2, 0.25) is 5.91 Å². The van der Waals surface area contributed by atoms with Gasteiger partial charge in [0.1, 0.15) is 5.75 Å². The maximum Gasteiger partial charge on any atom is 0.244 e. The minimum atomic E-state index is -0.0651. The standard InChI is InChI=1S/C16H17NO2S/c1-19-15-5-2-13(3-6-15)8-10-17-16(18)7-4-14-9-11-20-12-14/h2-7,9,11-12H,8,10H2,1H3,(H,17,18)/b7-4+. The van der Waals surface area contributed by atoms with Gasteiger partial charge >= 0.3 is 0 Å². The highest BCUT2D eigenvalue weighted by molar-refractivity contribution is 7.08. The van der Waals surface area contributed by atoms with Gasteiger partial charge in [0.05, 0.1) is 7.11 Å². The van der Waals surface area contributed by atoms with Crippen LogP contribution in [0, 0.1) is 0 Å². The van der Waals surface area contributed by atoms with Crippen LogP contribution in [-0.2, 0) is 11.2 Å². The highest BCUT2D eigenvalue weighted by atomic mass is 32.1. The van der Waals surface area contributed by atoms with Crippen LogP contribution >= 0.6 is 11.3 Å². The predicted octanol–water partition coefficient (Wildman–Crippen LogP) is 3.13. The van der Waals surface area contributed by atoms with Crippen molar-refractivity contribution in [2.75, 3.05) is 13.7 Å². The van der Waals surface area contributed by atoms with Crippen molar-refractivity contribution in [3.05, 3.63) is 58.3 Å². The van der Waals surface area contributed by atoms with Gasteiger partial charge in [-0.3, -0.25) is 4.79 Å². The Bertz CT molecular complexity index is 559. The van der Waals surface area contributed by atoms with Crippen molar-refractivity contribution in [1.82, 2.24) is 5.32 Å². The molecular weight excluding hydrogens is 270 g/mol. The number of ether oxygens (including phenoxy) is 1. The van der Waals surface area contributed by atoms with Gasteiger partial charge in [0, 0.05) is 12.6 Å². The molecule has 1 aromatic heterocycles. The van der Waals surface area contributed by atoms with Gasteiger partial charge < -0.3 is 10.1 Å². The average molecular weight is 287 g/mol. The summed E-state index contributed by atoms with van der Waals surface area (Å²) in [6.45, 7) is 0.624. The summed E-state index contributed by atoms with van der Waals surface area (Å²) >= 11 is 1.62. The molecule has 0 aliphatic heterocycles. The highest BCUT2D eigenvalue weighted by Crippen LogP contribution is 2.11. The number of rotatable bonds is 6. The summed E-state index contributed by atoms with van der Waals surface area (Å²) in [6, 6.07) is 9.84. The summed E-state index contributed by atoms with van der Waals surface area (Å²) < 4.78 is 5.10. The summed E-state index contributed by atoms with van der Waals surface area (Å²) in [7, 11) is 1.65. The molecule has 4 heteroatoms. The van der Waals surface area contributed by atoms with Crippen LogP contribution in [0.25, 0.3) is 6.08 Å². The monoisotopic (exact) mass is 287 g/mol. The number of carbonyl (C=O) groups excluding carboxylic acids is 1. The largest absolute Gasteiger partial charge is 0.497 e. The second-order valence-corrected chi connectivity index (χ2v) is 5.06. The number of methoxy groups -OCH3 is 1. The second-order valence-electron chi connectivity index (χ2n) is 4.28. The van der Waals surface area contributed by atoms with Crippen LogP contribution in [0.15, 0.2) is 47.2 Å². The van der Waals surface area contributed by atoms with E-state index in [0.717, 1.165) is 17.7 Å². The zero-order valence-corrected chi connectivity index (χ0v) is 12.2. The number of carbonyl (C=O) groups is 1. The molecule has 1 amide bonds. The lowest BCUT2D eigenvalue weighted by molar-refractivity contribution is -0.116. The van der Waals surface area contributed by atoms with Gasteiger partial charge in [-0.25, -0.2) is 0 Å². The molecule has 2 rings (SSSR count). The van der Waals surface area contributed by atoms with Gasteiger partial charge in [-0.1, -0.05) is 12.1 Å². The van der Waals surface area contributed by atoms with Gasteiger partial charge in [0.15, 0.2) is 0 Å². The van der Waals surface area contributed by atoms with E-state index in [1.807, 2.05) is 47.2 Å². The van der Waals surface area contributed by atoms with E-state index in [2.05, 4.69) is 5.32 Å². The van der Waals surface area contributed by atoms with E-state index in [1.165, 1.54) is 5.56 Å². The lowest BCUT2D eigenvalue weighted by Gasteiger charge is -2.04. The summed E-state index contributed by atoms with van der Waals surface area (Å²) in [5.74, 6) is 0.779. The smallest absolute Gasteiger partial charge is 0.244 e. The van der Waals surface area contributed by atoms with Crippen LogP contribution in [0.4, 0.5) is 0 Å².